The zero-order valence-corrected chi connectivity index (χ0v) is 7.45. The first-order valence-electron chi connectivity index (χ1n) is 0. The number of halogens is 2. The maximum Gasteiger partial charge on any atom is 2.00 e. The summed E-state index contributed by atoms with van der Waals surface area (Å²) in [5.74, 6) is 0. The number of hydrogen-bond donors (Lipinski definition) is 0. The molecule has 0 rings (SSSR count). The fraction of sp³-hybridized carbons (Fsp3) is 0. The van der Waals surface area contributed by atoms with Gasteiger partial charge >= 0.3 is 17.4 Å². The Morgan fingerprint density at radius 2 is 0.300 bits per heavy atom. The van der Waals surface area contributed by atoms with E-state index in [2.05, 4.69) is 0 Å². The molecule has 0 radical (unpaired) electrons. The van der Waals surface area contributed by atoms with E-state index in [4.69, 9.17) is 0 Å². The van der Waals surface area contributed by atoms with Gasteiger partial charge in [0, 0.05) is 0 Å². The maximum absolute atomic E-state index is 0. The first-order valence-corrected chi connectivity index (χ1v) is 0. The predicted octanol–water partition coefficient (Wildman–Crippen LogP) is -11.8. The van der Waals surface area contributed by atoms with E-state index in [0.717, 1.165) is 0 Å². The monoisotopic (exact) mass is 248 g/mol. The van der Waals surface area contributed by atoms with Crippen molar-refractivity contribution in [3.63, 3.8) is 0 Å². The molecule has 0 fully saturated rings. The van der Waals surface area contributed by atoms with Gasteiger partial charge in [-0.3, -0.25) is 0 Å². The molecule has 0 aliphatic rings. The smallest absolute Gasteiger partial charge is 1.00 e. The molecule has 0 aromatic rings. The normalized spacial score (nSPS) is 0. The van der Waals surface area contributed by atoms with E-state index in [1.807, 2.05) is 0 Å². The first kappa shape index (κ1) is 1510. The summed E-state index contributed by atoms with van der Waals surface area (Å²) >= 11 is 0. The Labute approximate surface area is 80.9 Å². The Morgan fingerprint density at radius 1 is 0.300 bits per heavy atom. The maximum atomic E-state index is 0. The van der Waals surface area contributed by atoms with Crippen LogP contribution in [0.3, 0.4) is 0 Å². The zero-order valence-electron chi connectivity index (χ0n) is 4.66. The van der Waals surface area contributed by atoms with E-state index in [1.54, 1.807) is 0 Å². The molecule has 0 aromatic carbocycles. The van der Waals surface area contributed by atoms with Crippen LogP contribution in [0.5, 0.6) is 0 Å². The SMILES string of the molecule is O.O.O.O.O.O.O.[Cl-].[Cl-].[Cr+2]. The van der Waals surface area contributed by atoms with Crippen molar-refractivity contribution in [1.82, 2.24) is 0 Å². The molecule has 0 aromatic heterocycles. The minimum atomic E-state index is 0. The number of rotatable bonds is 0. The molecule has 0 saturated heterocycles. The first-order chi connectivity index (χ1) is 0. The van der Waals surface area contributed by atoms with Gasteiger partial charge in [-0.25, -0.2) is 0 Å². The van der Waals surface area contributed by atoms with Crippen molar-refractivity contribution in [2.24, 2.45) is 0 Å². The molecule has 10 heteroatoms. The minimum Gasteiger partial charge on any atom is -1.00 e. The Morgan fingerprint density at radius 3 is 0.300 bits per heavy atom. The quantitative estimate of drug-likeness (QED) is 0.389. The summed E-state index contributed by atoms with van der Waals surface area (Å²) in [5, 5.41) is 0. The van der Waals surface area contributed by atoms with Crippen molar-refractivity contribution >= 4 is 0 Å². The van der Waals surface area contributed by atoms with Crippen LogP contribution in [0.25, 0.3) is 0 Å². The van der Waals surface area contributed by atoms with Crippen LogP contribution in [-0.4, -0.2) is 38.3 Å². The predicted molar refractivity (Wildman–Crippen MR) is 25.3 cm³/mol. The summed E-state index contributed by atoms with van der Waals surface area (Å²) in [4.78, 5) is 0. The second kappa shape index (κ2) is 1110. The summed E-state index contributed by atoms with van der Waals surface area (Å²) in [5.41, 5.74) is 0. The molecule has 0 saturated carbocycles. The third-order valence-corrected chi connectivity index (χ3v) is 0. The summed E-state index contributed by atoms with van der Waals surface area (Å²) in [6.07, 6.45) is 0. The summed E-state index contributed by atoms with van der Waals surface area (Å²) in [7, 11) is 0. The molecule has 14 N–H and O–H groups in total. The molecule has 7 nitrogen and oxygen atoms in total. The minimum absolute atomic E-state index is 0. The average molecular weight is 249 g/mol. The molecular weight excluding hydrogens is 235 g/mol. The second-order valence-corrected chi connectivity index (χ2v) is 0. The van der Waals surface area contributed by atoms with Crippen LogP contribution in [0.15, 0.2) is 0 Å². The molecule has 0 atom stereocenters. The van der Waals surface area contributed by atoms with Crippen molar-refractivity contribution in [2.45, 2.75) is 0 Å². The largest absolute Gasteiger partial charge is 2.00 e. The van der Waals surface area contributed by atoms with E-state index in [9.17, 15) is 0 Å². The number of hydrogen-bond acceptors (Lipinski definition) is 0. The zero-order chi connectivity index (χ0) is 0. The molecular formula is H14Cl2CrO7. The van der Waals surface area contributed by atoms with Crippen LogP contribution in [-0.2, 0) is 17.4 Å². The molecule has 0 amide bonds. The molecule has 0 aliphatic heterocycles. The van der Waals surface area contributed by atoms with Gasteiger partial charge in [-0.05, 0) is 0 Å². The summed E-state index contributed by atoms with van der Waals surface area (Å²) < 4.78 is 0. The van der Waals surface area contributed by atoms with Crippen LogP contribution < -0.4 is 24.8 Å². The molecule has 0 heterocycles. The van der Waals surface area contributed by atoms with Gasteiger partial charge in [-0.2, -0.15) is 0 Å². The van der Waals surface area contributed by atoms with Gasteiger partial charge in [0.05, 0.1) is 0 Å². The Bertz CT molecular complexity index is 11.6. The van der Waals surface area contributed by atoms with E-state index >= 15 is 0 Å². The third-order valence-electron chi connectivity index (χ3n) is 0. The van der Waals surface area contributed by atoms with E-state index < -0.39 is 0 Å². The van der Waals surface area contributed by atoms with Crippen molar-refractivity contribution < 1.29 is 80.5 Å². The Hall–Kier alpha value is 0.832. The van der Waals surface area contributed by atoms with Gasteiger partial charge in [0.1, 0.15) is 0 Å². The van der Waals surface area contributed by atoms with E-state index in [0.29, 0.717) is 0 Å². The van der Waals surface area contributed by atoms with Gasteiger partial charge in [-0.15, -0.1) is 0 Å². The van der Waals surface area contributed by atoms with Crippen LogP contribution in [0.2, 0.25) is 0 Å². The van der Waals surface area contributed by atoms with Gasteiger partial charge in [0.2, 0.25) is 0 Å². The second-order valence-electron chi connectivity index (χ2n) is 0. The Kier molecular flexibility index (Phi) is 167000. The molecule has 0 bridgehead atoms. The topological polar surface area (TPSA) is 220 Å². The van der Waals surface area contributed by atoms with Crippen LogP contribution in [0.4, 0.5) is 0 Å². The molecule has 0 aliphatic carbocycles. The van der Waals surface area contributed by atoms with Gasteiger partial charge in [-0.1, -0.05) is 0 Å². The van der Waals surface area contributed by atoms with Crippen LogP contribution >= 0.6 is 0 Å². The fourth-order valence-corrected chi connectivity index (χ4v) is 0. The van der Waals surface area contributed by atoms with Gasteiger partial charge < -0.3 is 63.1 Å². The van der Waals surface area contributed by atoms with Crippen LogP contribution in [0.1, 0.15) is 0 Å². The van der Waals surface area contributed by atoms with Crippen molar-refractivity contribution in [2.75, 3.05) is 0 Å². The van der Waals surface area contributed by atoms with Crippen molar-refractivity contribution in [3.05, 3.63) is 0 Å². The van der Waals surface area contributed by atoms with Gasteiger partial charge in [0.25, 0.3) is 0 Å². The molecule has 76 valence electrons. The molecule has 10 heavy (non-hydrogen) atoms. The van der Waals surface area contributed by atoms with E-state index in [-0.39, 0.29) is 80.5 Å². The van der Waals surface area contributed by atoms with Crippen molar-refractivity contribution in [1.29, 1.82) is 0 Å². The average Bonchev–Trinajstić information content (AvgIpc) is 0. The molecule has 0 spiro atoms. The van der Waals surface area contributed by atoms with Gasteiger partial charge in [0.15, 0.2) is 0 Å². The summed E-state index contributed by atoms with van der Waals surface area (Å²) in [6, 6.07) is 0. The third kappa shape index (κ3) is 782. The fourth-order valence-electron chi connectivity index (χ4n) is 0. The molecule has 0 unspecified atom stereocenters. The standard InChI is InChI=1S/2ClH.Cr.7H2O/h2*1H;;7*1H2/q;;+2;;;;;;;/p-2. The van der Waals surface area contributed by atoms with E-state index in [1.165, 1.54) is 0 Å². The Balaban J connectivity index is 0. The summed E-state index contributed by atoms with van der Waals surface area (Å²) in [6.45, 7) is 0. The van der Waals surface area contributed by atoms with Crippen LogP contribution in [0, 0.1) is 0 Å². The van der Waals surface area contributed by atoms with Crippen molar-refractivity contribution in [3.8, 4) is 0 Å².